The fourth-order valence-electron chi connectivity index (χ4n) is 3.75. The Morgan fingerprint density at radius 3 is 2.57 bits per heavy atom. The van der Waals surface area contributed by atoms with Crippen molar-refractivity contribution in [1.82, 2.24) is 25.1 Å². The smallest absolute Gasteiger partial charge is 0.321 e. The summed E-state index contributed by atoms with van der Waals surface area (Å²) >= 11 is 0. The molecule has 1 atom stereocenters. The number of rotatable bonds is 5. The molecule has 35 heavy (non-hydrogen) atoms. The highest BCUT2D eigenvalue weighted by Crippen LogP contribution is 2.23. The largest absolute Gasteiger partial charge is 0.501 e. The number of nitrogens with zero attached hydrogens (tertiary/aromatic N) is 3. The number of aromatic hydroxyl groups is 1. The van der Waals surface area contributed by atoms with Crippen LogP contribution < -0.4 is 16.2 Å². The molecular formula is C24H25FN6O4. The minimum Gasteiger partial charge on any atom is -0.501 e. The molecule has 4 N–H and O–H groups in total. The molecule has 0 radical (unpaired) electrons. The second-order valence-corrected chi connectivity index (χ2v) is 8.20. The van der Waals surface area contributed by atoms with Crippen molar-refractivity contribution in [1.29, 1.82) is 0 Å². The number of para-hydroxylation sites is 1. The van der Waals surface area contributed by atoms with Crippen LogP contribution in [0.25, 0.3) is 0 Å². The van der Waals surface area contributed by atoms with Gasteiger partial charge in [0.25, 0.3) is 11.5 Å². The predicted octanol–water partition coefficient (Wildman–Crippen LogP) is 2.07. The summed E-state index contributed by atoms with van der Waals surface area (Å²) in [5, 5.41) is 15.6. The number of benzene rings is 2. The Morgan fingerprint density at radius 1 is 1.14 bits per heavy atom. The van der Waals surface area contributed by atoms with Crippen molar-refractivity contribution in [2.24, 2.45) is 0 Å². The third-order valence-corrected chi connectivity index (χ3v) is 5.77. The Bertz CT molecular complexity index is 1270. The molecule has 0 spiro atoms. The van der Waals surface area contributed by atoms with Crippen LogP contribution in [-0.2, 0) is 6.54 Å². The maximum absolute atomic E-state index is 13.1. The number of aromatic nitrogens is 2. The topological polar surface area (TPSA) is 131 Å². The molecule has 1 aliphatic heterocycles. The first kappa shape index (κ1) is 23.9. The van der Waals surface area contributed by atoms with Crippen LogP contribution >= 0.6 is 0 Å². The number of carbonyl (C=O) groups excluding carboxylic acids is 2. The first-order chi connectivity index (χ1) is 16.8. The Morgan fingerprint density at radius 2 is 1.86 bits per heavy atom. The Hall–Kier alpha value is -4.25. The van der Waals surface area contributed by atoms with E-state index >= 15 is 0 Å². The van der Waals surface area contributed by atoms with Crippen LogP contribution in [0.1, 0.15) is 27.9 Å². The fourth-order valence-corrected chi connectivity index (χ4v) is 3.75. The Kier molecular flexibility index (Phi) is 7.06. The number of carbonyl (C=O) groups is 2. The number of hydrogen-bond acceptors (Lipinski definition) is 6. The highest BCUT2D eigenvalue weighted by atomic mass is 19.1. The zero-order chi connectivity index (χ0) is 24.9. The van der Waals surface area contributed by atoms with Crippen LogP contribution in [0.15, 0.2) is 59.4 Å². The van der Waals surface area contributed by atoms with E-state index in [1.54, 1.807) is 17.0 Å². The third kappa shape index (κ3) is 5.64. The van der Waals surface area contributed by atoms with Crippen molar-refractivity contribution in [3.63, 3.8) is 0 Å². The number of hydrogen-bond donors (Lipinski definition) is 4. The minimum absolute atomic E-state index is 0.0547. The number of halogens is 1. The van der Waals surface area contributed by atoms with E-state index in [1.807, 2.05) is 30.1 Å². The molecule has 11 heteroatoms. The lowest BCUT2D eigenvalue weighted by Crippen LogP contribution is -2.51. The number of anilines is 1. The molecule has 1 unspecified atom stereocenters. The summed E-state index contributed by atoms with van der Waals surface area (Å²) in [6, 6.07) is 13.8. The maximum atomic E-state index is 13.1. The first-order valence-electron chi connectivity index (χ1n) is 11.0. The Balaban J connectivity index is 1.50. The molecule has 2 heterocycles. The van der Waals surface area contributed by atoms with Gasteiger partial charge in [-0.3, -0.25) is 14.5 Å². The van der Waals surface area contributed by atoms with Crippen molar-refractivity contribution in [3.05, 3.63) is 87.9 Å². The van der Waals surface area contributed by atoms with E-state index in [9.17, 15) is 23.9 Å². The van der Waals surface area contributed by atoms with Crippen LogP contribution in [0.2, 0.25) is 0 Å². The van der Waals surface area contributed by atoms with Crippen molar-refractivity contribution in [2.45, 2.75) is 12.6 Å². The second-order valence-electron chi connectivity index (χ2n) is 8.20. The molecule has 0 bridgehead atoms. The van der Waals surface area contributed by atoms with Gasteiger partial charge in [0.1, 0.15) is 11.6 Å². The average molecular weight is 481 g/mol. The molecular weight excluding hydrogens is 455 g/mol. The monoisotopic (exact) mass is 480 g/mol. The molecule has 182 valence electrons. The Labute approximate surface area is 200 Å². The summed E-state index contributed by atoms with van der Waals surface area (Å²) in [5.41, 5.74) is 0.00644. The summed E-state index contributed by atoms with van der Waals surface area (Å²) in [6.45, 7) is 1.22. The fraction of sp³-hybridized carbons (Fsp3) is 0.250. The van der Waals surface area contributed by atoms with Gasteiger partial charge in [-0.05, 0) is 36.9 Å². The molecule has 0 saturated carbocycles. The summed E-state index contributed by atoms with van der Waals surface area (Å²) in [7, 11) is 1.82. The molecule has 0 aliphatic carbocycles. The summed E-state index contributed by atoms with van der Waals surface area (Å²) in [6.07, 6.45) is 0. The van der Waals surface area contributed by atoms with Gasteiger partial charge in [0.2, 0.25) is 5.75 Å². The number of nitrogens with one attached hydrogen (secondary N) is 3. The van der Waals surface area contributed by atoms with Crippen molar-refractivity contribution >= 4 is 17.6 Å². The van der Waals surface area contributed by atoms with Gasteiger partial charge in [-0.2, -0.15) is 0 Å². The van der Waals surface area contributed by atoms with Gasteiger partial charge in [0.15, 0.2) is 5.69 Å². The van der Waals surface area contributed by atoms with Gasteiger partial charge in [-0.15, -0.1) is 0 Å². The quantitative estimate of drug-likeness (QED) is 0.442. The van der Waals surface area contributed by atoms with Crippen LogP contribution in [0.3, 0.4) is 0 Å². The zero-order valence-corrected chi connectivity index (χ0v) is 19.0. The number of amides is 3. The van der Waals surface area contributed by atoms with Crippen molar-refractivity contribution in [2.75, 3.05) is 32.0 Å². The van der Waals surface area contributed by atoms with E-state index < -0.39 is 34.8 Å². The molecule has 3 amide bonds. The number of H-pyrrole nitrogens is 1. The number of likely N-dealkylation sites (N-methyl/N-ethyl adjacent to an activating group) is 1. The van der Waals surface area contributed by atoms with Gasteiger partial charge >= 0.3 is 6.03 Å². The van der Waals surface area contributed by atoms with Gasteiger partial charge in [-0.1, -0.05) is 30.3 Å². The van der Waals surface area contributed by atoms with Gasteiger partial charge in [0.05, 0.1) is 6.04 Å². The summed E-state index contributed by atoms with van der Waals surface area (Å²) < 4.78 is 13.1. The predicted molar refractivity (Wildman–Crippen MR) is 126 cm³/mol. The SMILES string of the molecule is CN1CCN(C(=O)Nc2ccccc2)CC1c1nc(C(=O)NCc2ccc(F)cc2)c(O)c(=O)[nH]1. The molecule has 4 rings (SSSR count). The lowest BCUT2D eigenvalue weighted by molar-refractivity contribution is 0.0935. The number of urea groups is 1. The normalized spacial score (nSPS) is 16.1. The zero-order valence-electron chi connectivity index (χ0n) is 19.0. The molecule has 1 aliphatic rings. The summed E-state index contributed by atoms with van der Waals surface area (Å²) in [4.78, 5) is 48.1. The van der Waals surface area contributed by atoms with Crippen molar-refractivity contribution < 1.29 is 19.1 Å². The minimum atomic E-state index is -0.860. The van der Waals surface area contributed by atoms with Gasteiger partial charge < -0.3 is 25.6 Å². The van der Waals surface area contributed by atoms with Crippen LogP contribution in [-0.4, -0.2) is 63.5 Å². The van der Waals surface area contributed by atoms with E-state index in [0.29, 0.717) is 24.3 Å². The molecule has 10 nitrogen and oxygen atoms in total. The highest BCUT2D eigenvalue weighted by molar-refractivity contribution is 5.94. The number of aromatic amines is 1. The molecule has 1 saturated heterocycles. The molecule has 2 aromatic carbocycles. The van der Waals surface area contributed by atoms with E-state index in [0.717, 1.165) is 0 Å². The highest BCUT2D eigenvalue weighted by Gasteiger charge is 2.31. The van der Waals surface area contributed by atoms with E-state index in [-0.39, 0.29) is 24.9 Å². The standard InChI is InChI=1S/C24H25FN6O4/c1-30-11-12-31(24(35)27-17-5-3-2-4-6-17)14-18(30)21-28-19(20(32)23(34)29-21)22(33)26-13-15-7-9-16(25)10-8-15/h2-10,18,32H,11-14H2,1H3,(H,26,33)(H,27,35)(H,28,29,34). The second kappa shape index (κ2) is 10.3. The lowest BCUT2D eigenvalue weighted by atomic mass is 10.1. The third-order valence-electron chi connectivity index (χ3n) is 5.77. The van der Waals surface area contributed by atoms with Gasteiger partial charge in [-0.25, -0.2) is 14.2 Å². The summed E-state index contributed by atoms with van der Waals surface area (Å²) in [5.74, 6) is -1.81. The first-order valence-corrected chi connectivity index (χ1v) is 11.0. The molecule has 1 aromatic heterocycles. The van der Waals surface area contributed by atoms with Crippen LogP contribution in [0, 0.1) is 5.82 Å². The lowest BCUT2D eigenvalue weighted by Gasteiger charge is -2.38. The van der Waals surface area contributed by atoms with Gasteiger partial charge in [0, 0.05) is 31.9 Å². The van der Waals surface area contributed by atoms with E-state index in [2.05, 4.69) is 20.6 Å². The van der Waals surface area contributed by atoms with Crippen LogP contribution in [0.4, 0.5) is 14.9 Å². The molecule has 1 fully saturated rings. The molecule has 3 aromatic rings. The van der Waals surface area contributed by atoms with Crippen molar-refractivity contribution in [3.8, 4) is 5.75 Å². The van der Waals surface area contributed by atoms with Crippen LogP contribution in [0.5, 0.6) is 5.75 Å². The average Bonchev–Trinajstić information content (AvgIpc) is 2.86. The maximum Gasteiger partial charge on any atom is 0.321 e. The number of piperazine rings is 1. The van der Waals surface area contributed by atoms with E-state index in [4.69, 9.17) is 0 Å². The van der Waals surface area contributed by atoms with E-state index in [1.165, 1.54) is 24.3 Å².